The van der Waals surface area contributed by atoms with Crippen molar-refractivity contribution in [2.24, 2.45) is 40.4 Å². The fourth-order valence-corrected chi connectivity index (χ4v) is 8.23. The Morgan fingerprint density at radius 3 is 2.19 bits per heavy atom. The van der Waals surface area contributed by atoms with Crippen LogP contribution < -0.4 is 0 Å². The Balaban J connectivity index is 0.000000570. The van der Waals surface area contributed by atoms with Gasteiger partial charge in [-0.3, -0.25) is 0 Å². The van der Waals surface area contributed by atoms with Gasteiger partial charge in [-0.15, -0.1) is 26.0 Å². The molecule has 0 spiro atoms. The first-order chi connectivity index (χ1) is 12.6. The van der Waals surface area contributed by atoms with Crippen molar-refractivity contribution in [3.05, 3.63) is 13.2 Å². The molecule has 7 atom stereocenters. The average molecular weight is 357 g/mol. The quantitative estimate of drug-likeness (QED) is 0.348. The van der Waals surface area contributed by atoms with E-state index < -0.39 is 0 Å². The molecule has 0 nitrogen and oxygen atoms in total. The lowest BCUT2D eigenvalue weighted by molar-refractivity contribution is -0.111. The van der Waals surface area contributed by atoms with Crippen LogP contribution in [0, 0.1) is 53.3 Å². The standard InChI is InChI=1S/C22H38.C2H4.C2H2/c1-4-7-16-10-12-19-18-11-9-17-8-5-6-14-21(17,2)20(18)13-15-22(16,19)3;2*1-2/h16-20H,4-15H2,1-3H3;1-2H2;1-2H/t16-,17?,18-,19?,20?,21-,22+;;/m0../s1. The van der Waals surface area contributed by atoms with Gasteiger partial charge in [0.15, 0.2) is 0 Å². The minimum absolute atomic E-state index is 0.717. The Morgan fingerprint density at radius 1 is 0.808 bits per heavy atom. The third kappa shape index (κ3) is 3.41. The van der Waals surface area contributed by atoms with E-state index in [-0.39, 0.29) is 0 Å². The van der Waals surface area contributed by atoms with E-state index in [0.29, 0.717) is 0 Å². The van der Waals surface area contributed by atoms with Gasteiger partial charge >= 0.3 is 0 Å². The maximum absolute atomic E-state index is 4.00. The van der Waals surface area contributed by atoms with Crippen molar-refractivity contribution in [1.82, 2.24) is 0 Å². The lowest BCUT2D eigenvalue weighted by Crippen LogP contribution is -2.52. The average Bonchev–Trinajstić information content (AvgIpc) is 3.01. The van der Waals surface area contributed by atoms with Crippen LogP contribution in [-0.4, -0.2) is 0 Å². The van der Waals surface area contributed by atoms with Crippen LogP contribution in [-0.2, 0) is 0 Å². The maximum Gasteiger partial charge on any atom is -0.0266 e. The van der Waals surface area contributed by atoms with Gasteiger partial charge in [0.2, 0.25) is 0 Å². The summed E-state index contributed by atoms with van der Waals surface area (Å²) in [6.45, 7) is 13.8. The number of fused-ring (bicyclic) bond motifs is 5. The second-order valence-corrected chi connectivity index (χ2v) is 10.0. The zero-order valence-corrected chi connectivity index (χ0v) is 17.9. The molecule has 0 aromatic rings. The van der Waals surface area contributed by atoms with E-state index in [4.69, 9.17) is 0 Å². The first-order valence-corrected chi connectivity index (χ1v) is 11.4. The Hall–Kier alpha value is -0.700. The highest BCUT2D eigenvalue weighted by Crippen LogP contribution is 2.67. The molecule has 4 rings (SSSR count). The van der Waals surface area contributed by atoms with Gasteiger partial charge in [-0.1, -0.05) is 46.5 Å². The summed E-state index contributed by atoms with van der Waals surface area (Å²) in [5.41, 5.74) is 1.44. The van der Waals surface area contributed by atoms with Crippen LogP contribution in [0.2, 0.25) is 0 Å². The molecule has 0 N–H and O–H groups in total. The molecule has 0 aliphatic heterocycles. The van der Waals surface area contributed by atoms with Crippen LogP contribution in [0.3, 0.4) is 0 Å². The van der Waals surface area contributed by atoms with Crippen LogP contribution in [0.4, 0.5) is 0 Å². The summed E-state index contributed by atoms with van der Waals surface area (Å²) in [6, 6.07) is 0. The molecule has 0 radical (unpaired) electrons. The fourth-order valence-electron chi connectivity index (χ4n) is 8.23. The lowest BCUT2D eigenvalue weighted by Gasteiger charge is -2.60. The summed E-state index contributed by atoms with van der Waals surface area (Å²) in [5, 5.41) is 0. The van der Waals surface area contributed by atoms with E-state index in [1.807, 2.05) is 0 Å². The highest BCUT2D eigenvalue weighted by molar-refractivity contribution is 5.08. The van der Waals surface area contributed by atoms with Crippen LogP contribution in [0.25, 0.3) is 0 Å². The lowest BCUT2D eigenvalue weighted by atomic mass is 9.45. The molecule has 0 saturated heterocycles. The van der Waals surface area contributed by atoms with Crippen molar-refractivity contribution in [2.45, 2.75) is 97.8 Å². The molecule has 148 valence electrons. The van der Waals surface area contributed by atoms with Gasteiger partial charge in [-0.2, -0.15) is 0 Å². The molecule has 0 heteroatoms. The van der Waals surface area contributed by atoms with Crippen LogP contribution in [0.1, 0.15) is 97.8 Å². The van der Waals surface area contributed by atoms with Gasteiger partial charge in [0.25, 0.3) is 0 Å². The van der Waals surface area contributed by atoms with Crippen LogP contribution in [0.5, 0.6) is 0 Å². The molecule has 4 saturated carbocycles. The second kappa shape index (κ2) is 8.99. The van der Waals surface area contributed by atoms with Crippen molar-refractivity contribution >= 4 is 0 Å². The van der Waals surface area contributed by atoms with E-state index >= 15 is 0 Å². The largest absolute Gasteiger partial charge is 0.124 e. The number of rotatable bonds is 2. The Morgan fingerprint density at radius 2 is 1.50 bits per heavy atom. The zero-order valence-electron chi connectivity index (χ0n) is 17.9. The molecular weight excluding hydrogens is 312 g/mol. The smallest absolute Gasteiger partial charge is 0.0266 e. The Labute approximate surface area is 164 Å². The normalized spacial score (nSPS) is 46.3. The predicted molar refractivity (Wildman–Crippen MR) is 116 cm³/mol. The molecular formula is C26H44. The topological polar surface area (TPSA) is 0 Å². The summed E-state index contributed by atoms with van der Waals surface area (Å²) in [5.74, 6) is 5.41. The molecule has 0 heterocycles. The Kier molecular flexibility index (Phi) is 7.47. The molecule has 0 aromatic carbocycles. The van der Waals surface area contributed by atoms with Gasteiger partial charge in [0.1, 0.15) is 0 Å². The maximum atomic E-state index is 4.00. The highest BCUT2D eigenvalue weighted by atomic mass is 14.6. The summed E-state index contributed by atoms with van der Waals surface area (Å²) in [7, 11) is 0. The molecule has 4 fully saturated rings. The second-order valence-electron chi connectivity index (χ2n) is 10.0. The molecule has 4 aliphatic rings. The molecule has 0 bridgehead atoms. The van der Waals surface area contributed by atoms with Crippen LogP contribution in [0.15, 0.2) is 13.2 Å². The van der Waals surface area contributed by atoms with Crippen molar-refractivity contribution in [3.63, 3.8) is 0 Å². The molecule has 26 heavy (non-hydrogen) atoms. The molecule has 3 unspecified atom stereocenters. The first-order valence-electron chi connectivity index (χ1n) is 11.4. The first kappa shape index (κ1) is 21.6. The minimum atomic E-state index is 0.717. The van der Waals surface area contributed by atoms with E-state index in [0.717, 1.165) is 40.4 Å². The molecule has 0 aromatic heterocycles. The van der Waals surface area contributed by atoms with E-state index in [1.165, 1.54) is 25.7 Å². The minimum Gasteiger partial charge on any atom is -0.124 e. The van der Waals surface area contributed by atoms with Crippen molar-refractivity contribution in [1.29, 1.82) is 0 Å². The van der Waals surface area contributed by atoms with E-state index in [9.17, 15) is 0 Å². The van der Waals surface area contributed by atoms with Gasteiger partial charge < -0.3 is 0 Å². The van der Waals surface area contributed by atoms with Gasteiger partial charge in [-0.05, 0) is 91.8 Å². The summed E-state index contributed by atoms with van der Waals surface area (Å²) in [6.07, 6.45) is 26.5. The summed E-state index contributed by atoms with van der Waals surface area (Å²) < 4.78 is 0. The highest BCUT2D eigenvalue weighted by Gasteiger charge is 2.59. The third-order valence-electron chi connectivity index (χ3n) is 9.42. The molecule has 0 amide bonds. The monoisotopic (exact) mass is 356 g/mol. The zero-order chi connectivity index (χ0) is 19.4. The van der Waals surface area contributed by atoms with Crippen molar-refractivity contribution < 1.29 is 0 Å². The number of hydrogen-bond donors (Lipinski definition) is 0. The van der Waals surface area contributed by atoms with Crippen molar-refractivity contribution in [3.8, 4) is 12.8 Å². The van der Waals surface area contributed by atoms with E-state index in [2.05, 4.69) is 46.8 Å². The fraction of sp³-hybridized carbons (Fsp3) is 0.846. The van der Waals surface area contributed by atoms with Gasteiger partial charge in [0, 0.05) is 0 Å². The van der Waals surface area contributed by atoms with Crippen LogP contribution >= 0.6 is 0 Å². The number of terminal acetylenes is 1. The van der Waals surface area contributed by atoms with E-state index in [1.54, 1.807) is 51.4 Å². The van der Waals surface area contributed by atoms with Gasteiger partial charge in [0.05, 0.1) is 0 Å². The van der Waals surface area contributed by atoms with Crippen molar-refractivity contribution in [2.75, 3.05) is 0 Å². The number of hydrogen-bond acceptors (Lipinski definition) is 0. The summed E-state index contributed by atoms with van der Waals surface area (Å²) in [4.78, 5) is 0. The SMILES string of the molecule is C#C.C=C.CCC[C@H]1CCC2[C@@H]3CCC4CCCC[C@]4(C)C3CC[C@@]21C. The summed E-state index contributed by atoms with van der Waals surface area (Å²) >= 11 is 0. The van der Waals surface area contributed by atoms with Gasteiger partial charge in [-0.25, -0.2) is 0 Å². The molecule has 4 aliphatic carbocycles. The third-order valence-corrected chi connectivity index (χ3v) is 9.42. The Bertz CT molecular complexity index is 462. The predicted octanol–water partition coefficient (Wildman–Crippen LogP) is 7.89.